The fourth-order valence-corrected chi connectivity index (χ4v) is 4.78. The summed E-state index contributed by atoms with van der Waals surface area (Å²) in [5.41, 5.74) is 8.70. The number of benzene rings is 3. The van der Waals surface area contributed by atoms with Crippen molar-refractivity contribution in [2.24, 2.45) is 11.1 Å². The number of hydrogen-bond donors (Lipinski definition) is 2. The van der Waals surface area contributed by atoms with E-state index in [-0.39, 0.29) is 36.4 Å². The van der Waals surface area contributed by atoms with Gasteiger partial charge < -0.3 is 20.5 Å². The van der Waals surface area contributed by atoms with E-state index in [0.717, 1.165) is 22.6 Å². The molecule has 4 rings (SSSR count). The highest BCUT2D eigenvalue weighted by molar-refractivity contribution is 5.94. The molecule has 3 N–H and O–H groups in total. The van der Waals surface area contributed by atoms with Crippen LogP contribution in [0.3, 0.4) is 0 Å². The topological polar surface area (TPSA) is 93.2 Å². The molecule has 2 amide bonds. The first-order valence-corrected chi connectivity index (χ1v) is 13.3. The summed E-state index contributed by atoms with van der Waals surface area (Å²) >= 11 is 0. The number of nitrogens with one attached hydrogen (secondary N) is 1. The second-order valence-corrected chi connectivity index (χ2v) is 10.7. The van der Waals surface area contributed by atoms with E-state index in [2.05, 4.69) is 49.0 Å². The SMILES string of the molecule is CC(C)(C)C(c1nc(-c2ccccc2)cn1Cc1ccccc1)N(CCNC(=O)CN)C(=O)c1ccccc1. The Balaban J connectivity index is 1.83. The molecule has 0 aliphatic carbocycles. The highest BCUT2D eigenvalue weighted by Gasteiger charge is 2.38. The van der Waals surface area contributed by atoms with E-state index < -0.39 is 0 Å². The van der Waals surface area contributed by atoms with Gasteiger partial charge >= 0.3 is 0 Å². The van der Waals surface area contributed by atoms with Gasteiger partial charge in [0.1, 0.15) is 5.82 Å². The maximum atomic E-state index is 14.0. The lowest BCUT2D eigenvalue weighted by molar-refractivity contribution is -0.119. The maximum Gasteiger partial charge on any atom is 0.254 e. The van der Waals surface area contributed by atoms with Crippen LogP contribution >= 0.6 is 0 Å². The first-order valence-electron chi connectivity index (χ1n) is 13.3. The van der Waals surface area contributed by atoms with Gasteiger partial charge in [0, 0.05) is 37.0 Å². The second-order valence-electron chi connectivity index (χ2n) is 10.7. The van der Waals surface area contributed by atoms with Gasteiger partial charge in [-0.25, -0.2) is 4.98 Å². The molecule has 39 heavy (non-hydrogen) atoms. The Morgan fingerprint density at radius 1 is 0.923 bits per heavy atom. The molecular formula is C32H37N5O2. The first kappa shape index (κ1) is 27.8. The molecule has 4 aromatic rings. The predicted octanol–water partition coefficient (Wildman–Crippen LogP) is 4.90. The number of hydrogen-bond acceptors (Lipinski definition) is 4. The average molecular weight is 524 g/mol. The van der Waals surface area contributed by atoms with Crippen LogP contribution in [0.5, 0.6) is 0 Å². The van der Waals surface area contributed by atoms with E-state index in [1.165, 1.54) is 0 Å². The van der Waals surface area contributed by atoms with Crippen molar-refractivity contribution in [2.75, 3.05) is 19.6 Å². The van der Waals surface area contributed by atoms with Crippen molar-refractivity contribution in [3.63, 3.8) is 0 Å². The van der Waals surface area contributed by atoms with Crippen LogP contribution in [0, 0.1) is 5.41 Å². The summed E-state index contributed by atoms with van der Waals surface area (Å²) in [7, 11) is 0. The van der Waals surface area contributed by atoms with Crippen LogP contribution in [-0.4, -0.2) is 45.9 Å². The van der Waals surface area contributed by atoms with Crippen molar-refractivity contribution in [3.8, 4) is 11.3 Å². The molecule has 0 saturated heterocycles. The van der Waals surface area contributed by atoms with Gasteiger partial charge in [-0.2, -0.15) is 0 Å². The lowest BCUT2D eigenvalue weighted by atomic mass is 9.84. The summed E-state index contributed by atoms with van der Waals surface area (Å²) < 4.78 is 2.15. The van der Waals surface area contributed by atoms with E-state index in [0.29, 0.717) is 18.7 Å². The number of nitrogens with two attached hydrogens (primary N) is 1. The van der Waals surface area contributed by atoms with Crippen molar-refractivity contribution in [1.82, 2.24) is 19.8 Å². The normalized spacial score (nSPS) is 12.1. The third-order valence-electron chi connectivity index (χ3n) is 6.59. The van der Waals surface area contributed by atoms with Crippen molar-refractivity contribution in [3.05, 3.63) is 114 Å². The smallest absolute Gasteiger partial charge is 0.254 e. The van der Waals surface area contributed by atoms with Crippen LogP contribution in [0.2, 0.25) is 0 Å². The Hall–Kier alpha value is -4.23. The summed E-state index contributed by atoms with van der Waals surface area (Å²) in [4.78, 5) is 33.0. The van der Waals surface area contributed by atoms with Gasteiger partial charge in [0.2, 0.25) is 5.91 Å². The largest absolute Gasteiger partial charge is 0.353 e. The molecular weight excluding hydrogens is 486 g/mol. The minimum absolute atomic E-state index is 0.1000. The first-order chi connectivity index (χ1) is 18.8. The third-order valence-corrected chi connectivity index (χ3v) is 6.59. The molecule has 1 atom stereocenters. The molecule has 3 aromatic carbocycles. The quantitative estimate of drug-likeness (QED) is 0.309. The zero-order chi connectivity index (χ0) is 27.8. The number of nitrogens with zero attached hydrogens (tertiary/aromatic N) is 3. The lowest BCUT2D eigenvalue weighted by Crippen LogP contribution is -2.46. The van der Waals surface area contributed by atoms with E-state index in [1.807, 2.05) is 83.8 Å². The summed E-state index contributed by atoms with van der Waals surface area (Å²) in [6, 6.07) is 29.2. The van der Waals surface area contributed by atoms with Gasteiger partial charge in [0.25, 0.3) is 5.91 Å². The molecule has 0 aliphatic rings. The number of aromatic nitrogens is 2. The number of amides is 2. The van der Waals surface area contributed by atoms with Crippen molar-refractivity contribution < 1.29 is 9.59 Å². The van der Waals surface area contributed by atoms with Gasteiger partial charge in [-0.1, -0.05) is 99.6 Å². The van der Waals surface area contributed by atoms with Gasteiger partial charge in [0.15, 0.2) is 0 Å². The van der Waals surface area contributed by atoms with E-state index >= 15 is 0 Å². The number of rotatable bonds is 10. The zero-order valence-corrected chi connectivity index (χ0v) is 22.9. The lowest BCUT2D eigenvalue weighted by Gasteiger charge is -2.40. The van der Waals surface area contributed by atoms with Crippen molar-refractivity contribution in [1.29, 1.82) is 0 Å². The maximum absolute atomic E-state index is 14.0. The second kappa shape index (κ2) is 12.5. The molecule has 0 radical (unpaired) electrons. The number of imidazole rings is 1. The third kappa shape index (κ3) is 7.00. The molecule has 0 aliphatic heterocycles. The molecule has 7 nitrogen and oxygen atoms in total. The van der Waals surface area contributed by atoms with Crippen LogP contribution < -0.4 is 11.1 Å². The van der Waals surface area contributed by atoms with E-state index in [4.69, 9.17) is 10.7 Å². The molecule has 0 spiro atoms. The standard InChI is InChI=1S/C32H37N5O2/c1-32(2,3)29(37(20-19-34-28(38)21-33)31(39)26-17-11-6-12-18-26)30-35-27(25-15-9-5-10-16-25)23-36(30)22-24-13-7-4-8-14-24/h4-18,23,29H,19-22,33H2,1-3H3,(H,34,38). The monoisotopic (exact) mass is 523 g/mol. The highest BCUT2D eigenvalue weighted by Crippen LogP contribution is 2.39. The molecule has 1 aromatic heterocycles. The van der Waals surface area contributed by atoms with Crippen LogP contribution in [0.25, 0.3) is 11.3 Å². The van der Waals surface area contributed by atoms with E-state index in [1.54, 1.807) is 0 Å². The number of carbonyl (C=O) groups excluding carboxylic acids is 2. The fraction of sp³-hybridized carbons (Fsp3) is 0.281. The minimum Gasteiger partial charge on any atom is -0.353 e. The Kier molecular flexibility index (Phi) is 8.94. The molecule has 1 heterocycles. The summed E-state index contributed by atoms with van der Waals surface area (Å²) in [5.74, 6) is 0.416. The molecule has 0 fully saturated rings. The minimum atomic E-state index is -0.388. The van der Waals surface area contributed by atoms with Crippen LogP contribution in [0.15, 0.2) is 97.2 Å². The summed E-state index contributed by atoms with van der Waals surface area (Å²) in [6.07, 6.45) is 2.07. The predicted molar refractivity (Wildman–Crippen MR) is 155 cm³/mol. The van der Waals surface area contributed by atoms with Crippen LogP contribution in [0.1, 0.15) is 48.6 Å². The Morgan fingerprint density at radius 3 is 2.10 bits per heavy atom. The van der Waals surface area contributed by atoms with Crippen LogP contribution in [0.4, 0.5) is 0 Å². The van der Waals surface area contributed by atoms with Gasteiger partial charge in [0.05, 0.1) is 18.3 Å². The number of carbonyl (C=O) groups is 2. The van der Waals surface area contributed by atoms with Crippen molar-refractivity contribution in [2.45, 2.75) is 33.4 Å². The van der Waals surface area contributed by atoms with Crippen molar-refractivity contribution >= 4 is 11.8 Å². The zero-order valence-electron chi connectivity index (χ0n) is 22.9. The highest BCUT2D eigenvalue weighted by atomic mass is 16.2. The molecule has 0 bridgehead atoms. The van der Waals surface area contributed by atoms with E-state index in [9.17, 15) is 9.59 Å². The van der Waals surface area contributed by atoms with Gasteiger partial charge in [-0.3, -0.25) is 9.59 Å². The summed E-state index contributed by atoms with van der Waals surface area (Å²) in [5, 5.41) is 2.83. The van der Waals surface area contributed by atoms with Gasteiger partial charge in [-0.15, -0.1) is 0 Å². The molecule has 202 valence electrons. The summed E-state index contributed by atoms with van der Waals surface area (Å²) in [6.45, 7) is 7.45. The van der Waals surface area contributed by atoms with Gasteiger partial charge in [-0.05, 0) is 23.1 Å². The average Bonchev–Trinajstić information content (AvgIpc) is 3.35. The molecule has 7 heteroatoms. The fourth-order valence-electron chi connectivity index (χ4n) is 4.78. The Morgan fingerprint density at radius 2 is 1.51 bits per heavy atom. The molecule has 1 unspecified atom stereocenters. The van der Waals surface area contributed by atoms with Crippen LogP contribution in [-0.2, 0) is 11.3 Å². The molecule has 0 saturated carbocycles. The Bertz CT molecular complexity index is 1360. The Labute approximate surface area is 230 Å².